The molecule has 0 fully saturated rings. The van der Waals surface area contributed by atoms with Crippen molar-refractivity contribution < 1.29 is 30.9 Å². The Balaban J connectivity index is 0.000000217. The van der Waals surface area contributed by atoms with Gasteiger partial charge in [0, 0.05) is 25.8 Å². The fourth-order valence-corrected chi connectivity index (χ4v) is 10.3. The van der Waals surface area contributed by atoms with Gasteiger partial charge in [0.25, 0.3) is 0 Å². The maximum absolute atomic E-state index is 8.44. The Labute approximate surface area is 344 Å². The number of aromatic nitrogens is 3. The molecule has 0 saturated heterocycles. The number of rotatable bonds is 7. The van der Waals surface area contributed by atoms with E-state index >= 15 is 0 Å². The zero-order valence-corrected chi connectivity index (χ0v) is 37.6. The summed E-state index contributed by atoms with van der Waals surface area (Å²) in [4.78, 5) is 9.74. The monoisotopic (exact) mass is 967 g/mol. The van der Waals surface area contributed by atoms with Crippen molar-refractivity contribution in [1.82, 2.24) is 14.5 Å². The minimum Gasteiger partial charge on any atom is 0 e. The first-order valence-corrected chi connectivity index (χ1v) is 26.1. The van der Waals surface area contributed by atoms with Crippen LogP contribution >= 0.6 is 0 Å². The van der Waals surface area contributed by atoms with Crippen LogP contribution in [0, 0.1) is 12.1 Å². The Morgan fingerprint density at radius 3 is 1.98 bits per heavy atom. The number of hydrogen-bond acceptors (Lipinski definition) is 4. The molecule has 1 aliphatic rings. The Morgan fingerprint density at radius 1 is 0.691 bits per heavy atom. The number of para-hydroxylation sites is 5. The van der Waals surface area contributed by atoms with Crippen LogP contribution in [-0.2, 0) is 20.1 Å². The molecule has 1 radical (unpaired) electrons. The number of fused-ring (bicyclic) bond motifs is 3. The molecular formula is C48H49GeIrN3O2-2. The van der Waals surface area contributed by atoms with E-state index in [9.17, 15) is 0 Å². The smallest absolute Gasteiger partial charge is 0 e. The number of hydrogen-bond donors (Lipinski definition) is 0. The van der Waals surface area contributed by atoms with Gasteiger partial charge in [0.1, 0.15) is 0 Å². The summed E-state index contributed by atoms with van der Waals surface area (Å²) in [5.74, 6) is 10.6. The van der Waals surface area contributed by atoms with Crippen molar-refractivity contribution in [2.24, 2.45) is 0 Å². The molecule has 0 spiro atoms. The minimum absolute atomic E-state index is 0. The Morgan fingerprint density at radius 2 is 1.35 bits per heavy atom. The van der Waals surface area contributed by atoms with Crippen molar-refractivity contribution in [3.63, 3.8) is 0 Å². The van der Waals surface area contributed by atoms with Crippen molar-refractivity contribution in [2.75, 3.05) is 0 Å². The molecule has 0 N–H and O–H groups in total. The summed E-state index contributed by atoms with van der Waals surface area (Å²) >= 11 is -2.03. The van der Waals surface area contributed by atoms with Crippen LogP contribution < -0.4 is 13.9 Å². The van der Waals surface area contributed by atoms with Crippen molar-refractivity contribution in [1.29, 1.82) is 0 Å². The van der Waals surface area contributed by atoms with E-state index in [-0.39, 0.29) is 20.1 Å². The van der Waals surface area contributed by atoms with Gasteiger partial charge >= 0.3 is 120 Å². The van der Waals surface area contributed by atoms with E-state index in [0.717, 1.165) is 39.2 Å². The number of imidazole rings is 1. The van der Waals surface area contributed by atoms with Crippen LogP contribution in [0.15, 0.2) is 115 Å². The minimum atomic E-state index is -2.03. The van der Waals surface area contributed by atoms with Gasteiger partial charge < -0.3 is 14.0 Å². The summed E-state index contributed by atoms with van der Waals surface area (Å²) in [6.07, 6.45) is 2.00. The third kappa shape index (κ3) is 8.23. The zero-order chi connectivity index (χ0) is 39.1. The molecule has 7 heteroatoms. The second kappa shape index (κ2) is 16.7. The van der Waals surface area contributed by atoms with Crippen molar-refractivity contribution >= 4 is 28.7 Å². The number of pyridine rings is 1. The molecular weight excluding hydrogens is 915 g/mol. The van der Waals surface area contributed by atoms with Crippen LogP contribution in [0.4, 0.5) is 0 Å². The molecule has 3 heterocycles. The summed E-state index contributed by atoms with van der Waals surface area (Å²) in [7, 11) is 0. The normalized spacial score (nSPS) is 12.5. The summed E-state index contributed by atoms with van der Waals surface area (Å²) in [6, 6.07) is 43.0. The van der Waals surface area contributed by atoms with Crippen LogP contribution in [0.25, 0.3) is 39.4 Å². The van der Waals surface area contributed by atoms with Gasteiger partial charge in [-0.25, -0.2) is 0 Å². The average Bonchev–Trinajstić information content (AvgIpc) is 3.55. The van der Waals surface area contributed by atoms with Crippen LogP contribution in [0.5, 0.6) is 23.0 Å². The standard InChI is InChI=1S/C31H27N2O2.C17H22GeN.Ir/c1-19(2)21-11-9-12-22(20(3)4)29(21)33-25-15-6-5-14-24(25)32-31(33)23-13-10-18-28-30(23)35-27-17-8-7-16-26(27)34-28;1-13(2)15-11-17(14-9-7-6-8-10-14)19-12-16(15)18(3,4)5;/h5-12,14-20H,1-4H3;6-9,11-13H,1-5H3;/q2*-1;/i;13D;. The van der Waals surface area contributed by atoms with Crippen molar-refractivity contribution in [3.8, 4) is 51.3 Å². The van der Waals surface area contributed by atoms with Gasteiger partial charge in [-0.1, -0.05) is 81.8 Å². The summed E-state index contributed by atoms with van der Waals surface area (Å²) in [5.41, 5.74) is 9.54. The Bertz CT molecular complexity index is 2460. The molecule has 0 bridgehead atoms. The molecule has 0 unspecified atom stereocenters. The summed E-state index contributed by atoms with van der Waals surface area (Å²) < 4.78 is 24.7. The molecule has 0 aliphatic carbocycles. The first kappa shape index (κ1) is 38.8. The summed E-state index contributed by atoms with van der Waals surface area (Å²) in [5, 5.41) is 0. The first-order valence-electron chi connectivity index (χ1n) is 19.3. The van der Waals surface area contributed by atoms with Gasteiger partial charge in [-0.15, -0.1) is 12.1 Å². The largest absolute Gasteiger partial charge is 0 e. The molecule has 1 aliphatic heterocycles. The van der Waals surface area contributed by atoms with E-state index < -0.39 is 19.2 Å². The molecule has 8 rings (SSSR count). The quantitative estimate of drug-likeness (QED) is 0.118. The molecule has 0 amide bonds. The first-order chi connectivity index (χ1) is 26.2. The van der Waals surface area contributed by atoms with Gasteiger partial charge in [-0.05, 0) is 47.2 Å². The third-order valence-corrected chi connectivity index (χ3v) is 14.0. The van der Waals surface area contributed by atoms with Crippen LogP contribution in [0.3, 0.4) is 0 Å². The van der Waals surface area contributed by atoms with Gasteiger partial charge in [0.2, 0.25) is 0 Å². The van der Waals surface area contributed by atoms with E-state index in [1.807, 2.05) is 86.8 Å². The molecule has 2 aromatic heterocycles. The second-order valence-corrected chi connectivity index (χ2v) is 26.3. The zero-order valence-electron chi connectivity index (χ0n) is 34.1. The number of ether oxygens (including phenoxy) is 2. The van der Waals surface area contributed by atoms with Crippen LogP contribution in [0.1, 0.15) is 77.3 Å². The molecule has 55 heavy (non-hydrogen) atoms. The molecule has 5 aromatic carbocycles. The Kier molecular flexibility index (Phi) is 11.8. The maximum Gasteiger partial charge on any atom is 0 e. The molecule has 5 nitrogen and oxygen atoms in total. The van der Waals surface area contributed by atoms with Gasteiger partial charge in [-0.3, -0.25) is 4.98 Å². The van der Waals surface area contributed by atoms with E-state index in [1.54, 1.807) is 0 Å². The van der Waals surface area contributed by atoms with Gasteiger partial charge in [-0.2, -0.15) is 0 Å². The summed E-state index contributed by atoms with van der Waals surface area (Å²) in [6.45, 7) is 12.9. The predicted octanol–water partition coefficient (Wildman–Crippen LogP) is 12.9. The average molecular weight is 966 g/mol. The topological polar surface area (TPSA) is 49.2 Å². The number of nitrogens with zero attached hydrogens (tertiary/aromatic N) is 3. The number of benzene rings is 5. The van der Waals surface area contributed by atoms with Crippen molar-refractivity contribution in [2.45, 2.75) is 76.5 Å². The Hall–Kier alpha value is -4.49. The molecule has 0 saturated carbocycles. The maximum atomic E-state index is 8.44. The van der Waals surface area contributed by atoms with E-state index in [1.165, 1.54) is 21.2 Å². The van der Waals surface area contributed by atoms with Crippen LogP contribution in [0.2, 0.25) is 17.3 Å². The molecule has 283 valence electrons. The van der Waals surface area contributed by atoms with E-state index in [0.29, 0.717) is 34.8 Å². The second-order valence-electron chi connectivity index (χ2n) is 15.7. The predicted molar refractivity (Wildman–Crippen MR) is 226 cm³/mol. The SMILES string of the molecule is CC(C)c1cccc(C(C)C)c1-n1c(-c2[c-]ccc3c2Oc2ccccc2O3)nc2ccccc21.[2H]C(C)(C)c1cc(-c2[c-]cccc2)nc[c]1[Ge]([CH3])([CH3])[CH3].[Ir]. The van der Waals surface area contributed by atoms with E-state index in [2.05, 4.69) is 109 Å². The fraction of sp³-hybridized carbons (Fsp3) is 0.250. The van der Waals surface area contributed by atoms with Crippen LogP contribution in [-0.4, -0.2) is 27.8 Å². The van der Waals surface area contributed by atoms with E-state index in [4.69, 9.17) is 15.8 Å². The fourth-order valence-electron chi connectivity index (χ4n) is 7.02. The van der Waals surface area contributed by atoms with Gasteiger partial charge in [0.05, 0.1) is 28.4 Å². The molecule has 0 atom stereocenters. The van der Waals surface area contributed by atoms with Crippen molar-refractivity contribution in [3.05, 3.63) is 144 Å². The van der Waals surface area contributed by atoms with Gasteiger partial charge in [0.15, 0.2) is 11.5 Å². The third-order valence-electron chi connectivity index (χ3n) is 9.78. The molecule has 7 aromatic rings.